The van der Waals surface area contributed by atoms with Crippen LogP contribution < -0.4 is 5.32 Å². The minimum absolute atomic E-state index is 0.492. The van der Waals surface area contributed by atoms with Crippen molar-refractivity contribution >= 4 is 16.7 Å². The molecule has 0 aliphatic heterocycles. The highest BCUT2D eigenvalue weighted by atomic mass is 15.0. The molecule has 90 valence electrons. The molecular formula is C15H20N2. The molecule has 1 N–H and O–H groups in total. The Morgan fingerprint density at radius 2 is 2.00 bits per heavy atom. The van der Waals surface area contributed by atoms with Gasteiger partial charge in [0.25, 0.3) is 0 Å². The van der Waals surface area contributed by atoms with Gasteiger partial charge in [0.2, 0.25) is 0 Å². The van der Waals surface area contributed by atoms with Gasteiger partial charge in [-0.3, -0.25) is 0 Å². The molecule has 0 amide bonds. The van der Waals surface area contributed by atoms with Crippen LogP contribution in [0.1, 0.15) is 38.7 Å². The van der Waals surface area contributed by atoms with E-state index < -0.39 is 0 Å². The Balaban J connectivity index is 2.50. The van der Waals surface area contributed by atoms with Gasteiger partial charge in [0, 0.05) is 11.9 Å². The molecule has 2 aromatic rings. The monoisotopic (exact) mass is 228 g/mol. The van der Waals surface area contributed by atoms with Crippen LogP contribution in [-0.4, -0.2) is 11.5 Å². The van der Waals surface area contributed by atoms with Crippen LogP contribution in [-0.2, 0) is 0 Å². The summed E-state index contributed by atoms with van der Waals surface area (Å²) >= 11 is 0. The number of nitrogens with zero attached hydrogens (tertiary/aromatic N) is 1. The van der Waals surface area contributed by atoms with Crippen LogP contribution in [0.5, 0.6) is 0 Å². The summed E-state index contributed by atoms with van der Waals surface area (Å²) in [5.74, 6) is 1.53. The molecule has 0 spiro atoms. The molecule has 0 atom stereocenters. The molecule has 0 unspecified atom stereocenters. The molecule has 1 aromatic heterocycles. The van der Waals surface area contributed by atoms with E-state index in [-0.39, 0.29) is 0 Å². The highest BCUT2D eigenvalue weighted by Gasteiger charge is 2.09. The summed E-state index contributed by atoms with van der Waals surface area (Å²) in [4.78, 5) is 4.72. The van der Waals surface area contributed by atoms with Gasteiger partial charge in [-0.25, -0.2) is 4.98 Å². The van der Waals surface area contributed by atoms with Crippen LogP contribution in [0.4, 0.5) is 5.82 Å². The molecule has 0 aliphatic rings. The molecule has 0 radical (unpaired) electrons. The zero-order valence-corrected chi connectivity index (χ0v) is 10.8. The molecule has 0 aliphatic carbocycles. The van der Waals surface area contributed by atoms with Gasteiger partial charge in [-0.15, -0.1) is 0 Å². The first-order valence-corrected chi connectivity index (χ1v) is 6.36. The van der Waals surface area contributed by atoms with Gasteiger partial charge in [0.05, 0.1) is 5.52 Å². The van der Waals surface area contributed by atoms with Crippen LogP contribution in [0.15, 0.2) is 30.3 Å². The number of hydrogen-bond acceptors (Lipinski definition) is 2. The number of para-hydroxylation sites is 1. The minimum Gasteiger partial charge on any atom is -0.370 e. The van der Waals surface area contributed by atoms with E-state index in [0.717, 1.165) is 24.3 Å². The Kier molecular flexibility index (Phi) is 3.62. The van der Waals surface area contributed by atoms with Crippen molar-refractivity contribution in [1.82, 2.24) is 4.98 Å². The van der Waals surface area contributed by atoms with Crippen LogP contribution in [0.3, 0.4) is 0 Å². The fraction of sp³-hybridized carbons (Fsp3) is 0.400. The maximum Gasteiger partial charge on any atom is 0.130 e. The van der Waals surface area contributed by atoms with Crippen molar-refractivity contribution in [3.63, 3.8) is 0 Å². The Hall–Kier alpha value is -1.57. The number of rotatable bonds is 4. The first-order valence-electron chi connectivity index (χ1n) is 6.36. The van der Waals surface area contributed by atoms with Gasteiger partial charge < -0.3 is 5.32 Å². The van der Waals surface area contributed by atoms with E-state index in [2.05, 4.69) is 50.4 Å². The molecular weight excluding hydrogens is 208 g/mol. The van der Waals surface area contributed by atoms with Gasteiger partial charge in [0.15, 0.2) is 0 Å². The predicted molar refractivity (Wildman–Crippen MR) is 74.6 cm³/mol. The van der Waals surface area contributed by atoms with Crippen molar-refractivity contribution in [1.29, 1.82) is 0 Å². The molecule has 2 rings (SSSR count). The lowest BCUT2D eigenvalue weighted by molar-refractivity contribution is 0.856. The fourth-order valence-corrected chi connectivity index (χ4v) is 1.96. The van der Waals surface area contributed by atoms with E-state index in [1.165, 1.54) is 10.9 Å². The summed E-state index contributed by atoms with van der Waals surface area (Å²) in [6, 6.07) is 10.5. The van der Waals surface area contributed by atoms with E-state index in [1.807, 2.05) is 6.07 Å². The Labute approximate surface area is 103 Å². The summed E-state index contributed by atoms with van der Waals surface area (Å²) in [6.45, 7) is 7.57. The Morgan fingerprint density at radius 1 is 1.24 bits per heavy atom. The third-order valence-corrected chi connectivity index (χ3v) is 2.92. The van der Waals surface area contributed by atoms with E-state index in [1.54, 1.807) is 0 Å². The standard InChI is InChI=1S/C15H20N2/c1-4-9-16-15-13(11(2)3)10-12-7-5-6-8-14(12)17-15/h5-8,10-11H,4,9H2,1-3H3,(H,16,17). The lowest BCUT2D eigenvalue weighted by atomic mass is 10.0. The minimum atomic E-state index is 0.492. The molecule has 2 nitrogen and oxygen atoms in total. The van der Waals surface area contributed by atoms with Crippen molar-refractivity contribution in [3.8, 4) is 0 Å². The van der Waals surface area contributed by atoms with Crippen LogP contribution in [0.2, 0.25) is 0 Å². The zero-order chi connectivity index (χ0) is 12.3. The van der Waals surface area contributed by atoms with Gasteiger partial charge in [-0.05, 0) is 30.0 Å². The van der Waals surface area contributed by atoms with E-state index in [0.29, 0.717) is 5.92 Å². The fourth-order valence-electron chi connectivity index (χ4n) is 1.96. The Bertz CT molecular complexity index is 503. The molecule has 17 heavy (non-hydrogen) atoms. The maximum absolute atomic E-state index is 4.72. The maximum atomic E-state index is 4.72. The average molecular weight is 228 g/mol. The number of nitrogens with one attached hydrogen (secondary N) is 1. The highest BCUT2D eigenvalue weighted by molar-refractivity contribution is 5.81. The van der Waals surface area contributed by atoms with Crippen LogP contribution in [0, 0.1) is 0 Å². The van der Waals surface area contributed by atoms with Crippen LogP contribution >= 0.6 is 0 Å². The lowest BCUT2D eigenvalue weighted by Gasteiger charge is -2.14. The van der Waals surface area contributed by atoms with E-state index in [9.17, 15) is 0 Å². The molecule has 0 saturated heterocycles. The number of benzene rings is 1. The summed E-state index contributed by atoms with van der Waals surface area (Å²) in [7, 11) is 0. The third kappa shape index (κ3) is 2.57. The second-order valence-corrected chi connectivity index (χ2v) is 4.70. The number of fused-ring (bicyclic) bond motifs is 1. The molecule has 0 bridgehead atoms. The molecule has 2 heteroatoms. The topological polar surface area (TPSA) is 24.9 Å². The van der Waals surface area contributed by atoms with Gasteiger partial charge in [0.1, 0.15) is 5.82 Å². The summed E-state index contributed by atoms with van der Waals surface area (Å²) in [5.41, 5.74) is 2.37. The number of hydrogen-bond donors (Lipinski definition) is 1. The summed E-state index contributed by atoms with van der Waals surface area (Å²) in [5, 5.41) is 4.65. The molecule has 0 fully saturated rings. The Morgan fingerprint density at radius 3 is 2.71 bits per heavy atom. The van der Waals surface area contributed by atoms with Gasteiger partial charge in [-0.1, -0.05) is 39.0 Å². The first-order chi connectivity index (χ1) is 8.22. The third-order valence-electron chi connectivity index (χ3n) is 2.92. The van der Waals surface area contributed by atoms with Crippen molar-refractivity contribution in [2.45, 2.75) is 33.1 Å². The number of pyridine rings is 1. The normalized spacial score (nSPS) is 11.1. The average Bonchev–Trinajstić information content (AvgIpc) is 2.35. The number of anilines is 1. The van der Waals surface area contributed by atoms with Crippen molar-refractivity contribution < 1.29 is 0 Å². The first kappa shape index (κ1) is 11.9. The molecule has 0 saturated carbocycles. The van der Waals surface area contributed by atoms with Crippen molar-refractivity contribution in [3.05, 3.63) is 35.9 Å². The van der Waals surface area contributed by atoms with Gasteiger partial charge >= 0.3 is 0 Å². The SMILES string of the molecule is CCCNc1nc2ccccc2cc1C(C)C. The van der Waals surface area contributed by atoms with Crippen LogP contribution in [0.25, 0.3) is 10.9 Å². The molecule has 1 aromatic carbocycles. The van der Waals surface area contributed by atoms with E-state index >= 15 is 0 Å². The van der Waals surface area contributed by atoms with E-state index in [4.69, 9.17) is 4.98 Å². The summed E-state index contributed by atoms with van der Waals surface area (Å²) in [6.07, 6.45) is 1.12. The summed E-state index contributed by atoms with van der Waals surface area (Å²) < 4.78 is 0. The second-order valence-electron chi connectivity index (χ2n) is 4.70. The molecule has 1 heterocycles. The lowest BCUT2D eigenvalue weighted by Crippen LogP contribution is -2.06. The zero-order valence-electron chi connectivity index (χ0n) is 10.8. The smallest absolute Gasteiger partial charge is 0.130 e. The number of aromatic nitrogens is 1. The van der Waals surface area contributed by atoms with Crippen molar-refractivity contribution in [2.24, 2.45) is 0 Å². The highest BCUT2D eigenvalue weighted by Crippen LogP contribution is 2.26. The quantitative estimate of drug-likeness (QED) is 0.849. The second kappa shape index (κ2) is 5.17. The predicted octanol–water partition coefficient (Wildman–Crippen LogP) is 4.18. The van der Waals surface area contributed by atoms with Crippen molar-refractivity contribution in [2.75, 3.05) is 11.9 Å². The largest absolute Gasteiger partial charge is 0.370 e. The van der Waals surface area contributed by atoms with Gasteiger partial charge in [-0.2, -0.15) is 0 Å².